The van der Waals surface area contributed by atoms with E-state index in [0.29, 0.717) is 11.4 Å². The van der Waals surface area contributed by atoms with Gasteiger partial charge in [0.05, 0.1) is 17.9 Å². The molecule has 0 atom stereocenters. The predicted octanol–water partition coefficient (Wildman–Crippen LogP) is 4.32. The van der Waals surface area contributed by atoms with Gasteiger partial charge in [0.25, 0.3) is 5.60 Å². The molecule has 0 fully saturated rings. The third-order valence-corrected chi connectivity index (χ3v) is 3.81. The Morgan fingerprint density at radius 2 is 1.28 bits per heavy atom. The molecule has 2 rings (SSSR count). The molecule has 4 N–H and O–H groups in total. The van der Waals surface area contributed by atoms with E-state index < -0.39 is 36.6 Å². The Morgan fingerprint density at radius 1 is 0.793 bits per heavy atom. The lowest BCUT2D eigenvalue weighted by molar-refractivity contribution is -0.365. The molecule has 0 unspecified atom stereocenters. The average Bonchev–Trinajstić information content (AvgIpc) is 2.65. The summed E-state index contributed by atoms with van der Waals surface area (Å²) in [7, 11) is 0. The third-order valence-electron chi connectivity index (χ3n) is 3.81. The number of hydrogen-bond donors (Lipinski definition) is 4. The lowest BCUT2D eigenvalue weighted by Gasteiger charge is -2.32. The molecule has 0 saturated heterocycles. The molecule has 0 aliphatic carbocycles. The van der Waals surface area contributed by atoms with E-state index in [1.807, 2.05) is 0 Å². The summed E-state index contributed by atoms with van der Waals surface area (Å²) in [6.45, 7) is -0.511. The molecule has 0 bridgehead atoms. The number of nitrogens with one attached hydrogen (secondary N) is 3. The lowest BCUT2D eigenvalue weighted by Crippen LogP contribution is -2.58. The van der Waals surface area contributed by atoms with E-state index in [1.54, 1.807) is 48.5 Å². The van der Waals surface area contributed by atoms with Crippen LogP contribution in [0.25, 0.3) is 0 Å². The van der Waals surface area contributed by atoms with Gasteiger partial charge in [0.2, 0.25) is 0 Å². The number of hydrazone groups is 1. The molecule has 0 aliphatic heterocycles. The average molecular weight is 420 g/mol. The van der Waals surface area contributed by atoms with Crippen molar-refractivity contribution in [3.8, 4) is 0 Å². The van der Waals surface area contributed by atoms with Crippen LogP contribution in [0.1, 0.15) is 6.42 Å². The van der Waals surface area contributed by atoms with E-state index in [2.05, 4.69) is 21.4 Å². The monoisotopic (exact) mass is 420 g/mol. The van der Waals surface area contributed by atoms with E-state index in [4.69, 9.17) is 0 Å². The van der Waals surface area contributed by atoms with Crippen LogP contribution in [0.15, 0.2) is 65.8 Å². The molecule has 2 aromatic carbocycles. The van der Waals surface area contributed by atoms with Gasteiger partial charge in [-0.2, -0.15) is 31.4 Å². The molecule has 11 heteroatoms. The zero-order chi connectivity index (χ0) is 21.5. The predicted molar refractivity (Wildman–Crippen MR) is 97.2 cm³/mol. The summed E-state index contributed by atoms with van der Waals surface area (Å²) in [6.07, 6.45) is -13.7. The van der Waals surface area contributed by atoms with Gasteiger partial charge in [-0.1, -0.05) is 36.4 Å². The van der Waals surface area contributed by atoms with Crippen LogP contribution in [0, 0.1) is 0 Å². The summed E-state index contributed by atoms with van der Waals surface area (Å²) in [5.41, 5.74) is 2.87. The maximum atomic E-state index is 13.0. The van der Waals surface area contributed by atoms with Gasteiger partial charge in [0, 0.05) is 12.1 Å². The summed E-state index contributed by atoms with van der Waals surface area (Å²) < 4.78 is 78.2. The fraction of sp³-hybridized carbons (Fsp3) is 0.278. The number of hydrogen-bond acceptors (Lipinski definition) is 5. The van der Waals surface area contributed by atoms with Crippen molar-refractivity contribution in [2.24, 2.45) is 5.10 Å². The van der Waals surface area contributed by atoms with E-state index >= 15 is 0 Å². The number of hydrazine groups is 1. The molecule has 29 heavy (non-hydrogen) atoms. The van der Waals surface area contributed by atoms with Crippen LogP contribution in [-0.4, -0.2) is 35.3 Å². The van der Waals surface area contributed by atoms with Gasteiger partial charge in [-0.15, -0.1) is 0 Å². The quantitative estimate of drug-likeness (QED) is 0.292. The van der Waals surface area contributed by atoms with Gasteiger partial charge in [-0.3, -0.25) is 5.43 Å². The van der Waals surface area contributed by atoms with Crippen molar-refractivity contribution in [1.29, 1.82) is 0 Å². The Balaban J connectivity index is 2.20. The van der Waals surface area contributed by atoms with Crippen LogP contribution in [0.2, 0.25) is 0 Å². The highest BCUT2D eigenvalue weighted by Gasteiger charge is 2.70. The summed E-state index contributed by atoms with van der Waals surface area (Å²) in [5.74, 6) is 0. The first-order chi connectivity index (χ1) is 13.5. The van der Waals surface area contributed by atoms with Gasteiger partial charge >= 0.3 is 12.4 Å². The van der Waals surface area contributed by atoms with Crippen LogP contribution < -0.4 is 16.3 Å². The van der Waals surface area contributed by atoms with Crippen molar-refractivity contribution in [3.63, 3.8) is 0 Å². The molecule has 2 aromatic rings. The maximum absolute atomic E-state index is 13.0. The standard InChI is InChI=1S/C18H18F6N4O/c19-17(20,21)16(29,18(22,23)24)11-15(28-27-14-9-5-2-6-10-14)12-25-26-13-7-3-1-4-8-13/h1-10,25-27,29H,11-12H2/b28-15+. The van der Waals surface area contributed by atoms with Crippen molar-refractivity contribution in [3.05, 3.63) is 60.7 Å². The molecular formula is C18H18F6N4O. The fourth-order valence-electron chi connectivity index (χ4n) is 2.22. The second-order valence-electron chi connectivity index (χ2n) is 6.03. The normalized spacial score (nSPS) is 13.3. The topological polar surface area (TPSA) is 68.7 Å². The summed E-state index contributed by atoms with van der Waals surface area (Å²) in [5, 5.41) is 13.1. The summed E-state index contributed by atoms with van der Waals surface area (Å²) >= 11 is 0. The number of halogens is 6. The van der Waals surface area contributed by atoms with Gasteiger partial charge in [0.1, 0.15) is 0 Å². The fourth-order valence-corrected chi connectivity index (χ4v) is 2.22. The summed E-state index contributed by atoms with van der Waals surface area (Å²) in [4.78, 5) is 0. The zero-order valence-corrected chi connectivity index (χ0v) is 14.8. The maximum Gasteiger partial charge on any atom is 0.426 e. The van der Waals surface area contributed by atoms with Crippen molar-refractivity contribution in [2.75, 3.05) is 17.4 Å². The van der Waals surface area contributed by atoms with Gasteiger partial charge in [0.15, 0.2) is 0 Å². The van der Waals surface area contributed by atoms with Gasteiger partial charge in [-0.25, -0.2) is 5.43 Å². The number of anilines is 2. The van der Waals surface area contributed by atoms with E-state index in [0.717, 1.165) is 0 Å². The Hall–Kier alpha value is -2.79. The van der Waals surface area contributed by atoms with Crippen molar-refractivity contribution in [1.82, 2.24) is 5.43 Å². The number of aliphatic hydroxyl groups is 1. The van der Waals surface area contributed by atoms with Gasteiger partial charge < -0.3 is 10.5 Å². The van der Waals surface area contributed by atoms with E-state index in [9.17, 15) is 31.4 Å². The molecule has 0 aromatic heterocycles. The molecule has 0 heterocycles. The SMILES string of the molecule is OC(C/C(CNNc1ccccc1)=N\Nc1ccccc1)(C(F)(F)F)C(F)(F)F. The number of rotatable bonds is 8. The number of nitrogens with zero attached hydrogens (tertiary/aromatic N) is 1. The first kappa shape index (κ1) is 22.5. The minimum absolute atomic E-state index is 0.351. The van der Waals surface area contributed by atoms with Crippen LogP contribution >= 0.6 is 0 Å². The summed E-state index contributed by atoms with van der Waals surface area (Å²) in [6, 6.07) is 16.3. The van der Waals surface area contributed by atoms with Crippen LogP contribution in [-0.2, 0) is 0 Å². The Kier molecular flexibility index (Phi) is 7.09. The largest absolute Gasteiger partial charge is 0.426 e. The van der Waals surface area contributed by atoms with E-state index in [1.165, 1.54) is 12.1 Å². The van der Waals surface area contributed by atoms with Gasteiger partial charge in [-0.05, 0) is 24.3 Å². The number of alkyl halides is 6. The highest BCUT2D eigenvalue weighted by Crippen LogP contribution is 2.45. The Morgan fingerprint density at radius 3 is 1.76 bits per heavy atom. The third kappa shape index (κ3) is 6.09. The highest BCUT2D eigenvalue weighted by atomic mass is 19.4. The Bertz CT molecular complexity index is 779. The molecule has 158 valence electrons. The molecule has 5 nitrogen and oxygen atoms in total. The first-order valence-corrected chi connectivity index (χ1v) is 8.29. The molecule has 0 amide bonds. The highest BCUT2D eigenvalue weighted by molar-refractivity contribution is 5.88. The smallest absolute Gasteiger partial charge is 0.373 e. The minimum Gasteiger partial charge on any atom is -0.373 e. The molecule has 0 aliphatic rings. The first-order valence-electron chi connectivity index (χ1n) is 8.29. The Labute approximate surface area is 162 Å². The minimum atomic E-state index is -5.94. The van der Waals surface area contributed by atoms with Crippen molar-refractivity contribution < 1.29 is 31.4 Å². The lowest BCUT2D eigenvalue weighted by atomic mass is 9.95. The second kappa shape index (κ2) is 9.14. The van der Waals surface area contributed by atoms with E-state index in [-0.39, 0.29) is 0 Å². The molecule has 0 radical (unpaired) electrons. The van der Waals surface area contributed by atoms with Crippen molar-refractivity contribution >= 4 is 17.1 Å². The molecule has 0 saturated carbocycles. The zero-order valence-electron chi connectivity index (χ0n) is 14.8. The van der Waals surface area contributed by atoms with Crippen LogP contribution in [0.3, 0.4) is 0 Å². The molecule has 0 spiro atoms. The number of para-hydroxylation sites is 2. The second-order valence-corrected chi connectivity index (χ2v) is 6.03. The molecular weight excluding hydrogens is 402 g/mol. The van der Waals surface area contributed by atoms with Crippen LogP contribution in [0.5, 0.6) is 0 Å². The van der Waals surface area contributed by atoms with Crippen molar-refractivity contribution in [2.45, 2.75) is 24.4 Å². The van der Waals surface area contributed by atoms with Crippen LogP contribution in [0.4, 0.5) is 37.7 Å². The number of benzene rings is 2.